The molecule has 0 spiro atoms. The molecule has 0 bridgehead atoms. The van der Waals surface area contributed by atoms with Crippen LogP contribution in [0.4, 0.5) is 13.2 Å². The number of hydrogen-bond acceptors (Lipinski definition) is 5. The lowest BCUT2D eigenvalue weighted by Crippen LogP contribution is -2.48. The smallest absolute Gasteiger partial charge is 0.422 e. The summed E-state index contributed by atoms with van der Waals surface area (Å²) >= 11 is 0. The van der Waals surface area contributed by atoms with E-state index in [1.165, 1.54) is 19.1 Å². The van der Waals surface area contributed by atoms with Crippen LogP contribution in [0.2, 0.25) is 0 Å². The van der Waals surface area contributed by atoms with Crippen LogP contribution in [0.25, 0.3) is 0 Å². The van der Waals surface area contributed by atoms with Crippen molar-refractivity contribution in [3.05, 3.63) is 29.8 Å². The molecule has 8 heteroatoms. The topological polar surface area (TPSA) is 61.8 Å². The first-order valence-corrected chi connectivity index (χ1v) is 6.92. The number of carbonyl (C=O) groups excluding carboxylic acids is 2. The Morgan fingerprint density at radius 1 is 1.13 bits per heavy atom. The van der Waals surface area contributed by atoms with Gasteiger partial charge in [-0.1, -0.05) is 19.1 Å². The first kappa shape index (κ1) is 17.1. The van der Waals surface area contributed by atoms with Gasteiger partial charge in [-0.2, -0.15) is 0 Å². The second-order valence-corrected chi connectivity index (χ2v) is 5.28. The molecule has 0 unspecified atom stereocenters. The van der Waals surface area contributed by atoms with Crippen LogP contribution in [0.1, 0.15) is 25.8 Å². The van der Waals surface area contributed by atoms with E-state index in [4.69, 9.17) is 9.47 Å². The Hall–Kier alpha value is -2.25. The highest BCUT2D eigenvalue weighted by Crippen LogP contribution is 2.29. The van der Waals surface area contributed by atoms with Gasteiger partial charge in [0.25, 0.3) is 5.79 Å². The molecule has 0 atom stereocenters. The van der Waals surface area contributed by atoms with E-state index >= 15 is 0 Å². The Kier molecular flexibility index (Phi) is 4.53. The number of alkyl halides is 3. The highest BCUT2D eigenvalue weighted by Gasteiger charge is 2.44. The summed E-state index contributed by atoms with van der Waals surface area (Å²) in [5.74, 6) is -4.20. The van der Waals surface area contributed by atoms with Gasteiger partial charge in [0.15, 0.2) is 5.92 Å². The van der Waals surface area contributed by atoms with Crippen molar-refractivity contribution in [2.75, 3.05) is 0 Å². The minimum Gasteiger partial charge on any atom is -0.422 e. The first-order valence-electron chi connectivity index (χ1n) is 6.92. The van der Waals surface area contributed by atoms with Crippen molar-refractivity contribution in [2.24, 2.45) is 5.92 Å². The molecule has 1 saturated heterocycles. The number of carbonyl (C=O) groups is 2. The molecule has 1 fully saturated rings. The number of esters is 2. The number of rotatable bonds is 4. The second-order valence-electron chi connectivity index (χ2n) is 5.28. The maximum Gasteiger partial charge on any atom is 0.573 e. The minimum atomic E-state index is -4.77. The molecule has 1 aromatic rings. The summed E-state index contributed by atoms with van der Waals surface area (Å²) in [6, 6.07) is 4.90. The molecule has 126 valence electrons. The fourth-order valence-electron chi connectivity index (χ4n) is 2.06. The molecule has 23 heavy (non-hydrogen) atoms. The van der Waals surface area contributed by atoms with Crippen molar-refractivity contribution in [1.82, 2.24) is 0 Å². The number of hydrogen-bond donors (Lipinski definition) is 0. The maximum absolute atomic E-state index is 12.1. The summed E-state index contributed by atoms with van der Waals surface area (Å²) in [6.07, 6.45) is -4.48. The molecule has 0 aliphatic carbocycles. The first-order chi connectivity index (χ1) is 10.6. The van der Waals surface area contributed by atoms with E-state index in [1.807, 2.05) is 0 Å². The molecule has 1 aliphatic rings. The van der Waals surface area contributed by atoms with E-state index in [0.29, 0.717) is 12.0 Å². The highest BCUT2D eigenvalue weighted by atomic mass is 19.4. The number of cyclic esters (lactones) is 2. The van der Waals surface area contributed by atoms with Gasteiger partial charge in [-0.25, -0.2) is 0 Å². The monoisotopic (exact) mass is 332 g/mol. The fraction of sp³-hybridized carbons (Fsp3) is 0.467. The molecule has 0 amide bonds. The molecule has 0 saturated carbocycles. The van der Waals surface area contributed by atoms with Crippen LogP contribution in [0, 0.1) is 5.92 Å². The largest absolute Gasteiger partial charge is 0.573 e. The van der Waals surface area contributed by atoms with Gasteiger partial charge < -0.3 is 14.2 Å². The summed E-state index contributed by atoms with van der Waals surface area (Å²) in [6.45, 7) is 3.20. The average molecular weight is 332 g/mol. The normalized spacial score (nSPS) is 24.8. The molecule has 1 aromatic carbocycles. The molecule has 1 heterocycles. The lowest BCUT2D eigenvalue weighted by molar-refractivity contribution is -0.274. The van der Waals surface area contributed by atoms with E-state index < -0.39 is 30.0 Å². The number of halogens is 3. The SMILES string of the molecule is CCC1(C)OC(=O)C(Cc2ccc(OC(F)(F)F)cc2)C(=O)O1. The van der Waals surface area contributed by atoms with E-state index in [-0.39, 0.29) is 12.2 Å². The number of benzene rings is 1. The quantitative estimate of drug-likeness (QED) is 0.627. The third-order valence-electron chi connectivity index (χ3n) is 3.44. The Morgan fingerprint density at radius 2 is 1.65 bits per heavy atom. The number of ether oxygens (including phenoxy) is 3. The van der Waals surface area contributed by atoms with Gasteiger partial charge in [0.1, 0.15) is 5.75 Å². The Balaban J connectivity index is 2.05. The van der Waals surface area contributed by atoms with Gasteiger partial charge in [0.2, 0.25) is 0 Å². The standard InChI is InChI=1S/C15H15F3O5/c1-3-14(2)22-12(19)11(13(20)23-14)8-9-4-6-10(7-5-9)21-15(16,17)18/h4-7,11H,3,8H2,1-2H3. The fourth-order valence-corrected chi connectivity index (χ4v) is 2.06. The minimum absolute atomic E-state index is 0.0240. The molecule has 0 aromatic heterocycles. The predicted octanol–water partition coefficient (Wildman–Crippen LogP) is 2.97. The van der Waals surface area contributed by atoms with E-state index in [9.17, 15) is 22.8 Å². The van der Waals surface area contributed by atoms with Crippen LogP contribution in [-0.4, -0.2) is 24.1 Å². The summed E-state index contributed by atoms with van der Waals surface area (Å²) in [5.41, 5.74) is 0.485. The van der Waals surface area contributed by atoms with E-state index in [1.54, 1.807) is 6.92 Å². The molecule has 1 aliphatic heterocycles. The summed E-state index contributed by atoms with van der Waals surface area (Å²) in [5, 5.41) is 0. The van der Waals surface area contributed by atoms with Crippen molar-refractivity contribution in [3.63, 3.8) is 0 Å². The Bertz CT molecular complexity index is 576. The third-order valence-corrected chi connectivity index (χ3v) is 3.44. The van der Waals surface area contributed by atoms with Crippen molar-refractivity contribution >= 4 is 11.9 Å². The molecular weight excluding hydrogens is 317 g/mol. The molecule has 0 N–H and O–H groups in total. The zero-order chi connectivity index (χ0) is 17.3. The lowest BCUT2D eigenvalue weighted by Gasteiger charge is -2.35. The van der Waals surface area contributed by atoms with Crippen molar-refractivity contribution in [3.8, 4) is 5.75 Å². The van der Waals surface area contributed by atoms with Gasteiger partial charge >= 0.3 is 18.3 Å². The lowest BCUT2D eigenvalue weighted by atomic mass is 9.98. The van der Waals surface area contributed by atoms with Crippen LogP contribution in [0.15, 0.2) is 24.3 Å². The zero-order valence-electron chi connectivity index (χ0n) is 12.5. The van der Waals surface area contributed by atoms with Crippen LogP contribution < -0.4 is 4.74 Å². The summed E-state index contributed by atoms with van der Waals surface area (Å²) in [7, 11) is 0. The molecule has 2 rings (SSSR count). The van der Waals surface area contributed by atoms with Gasteiger partial charge in [0, 0.05) is 13.3 Å². The van der Waals surface area contributed by atoms with Gasteiger partial charge in [-0.05, 0) is 24.1 Å². The van der Waals surface area contributed by atoms with Crippen LogP contribution in [-0.2, 0) is 25.5 Å². The summed E-state index contributed by atoms with van der Waals surface area (Å²) in [4.78, 5) is 23.9. The Labute approximate surface area is 130 Å². The van der Waals surface area contributed by atoms with Crippen LogP contribution in [0.3, 0.4) is 0 Å². The molecular formula is C15H15F3O5. The third kappa shape index (κ3) is 4.37. The average Bonchev–Trinajstić information content (AvgIpc) is 2.43. The van der Waals surface area contributed by atoms with E-state index in [2.05, 4.69) is 4.74 Å². The molecule has 0 radical (unpaired) electrons. The summed E-state index contributed by atoms with van der Waals surface area (Å²) < 4.78 is 50.2. The van der Waals surface area contributed by atoms with Gasteiger partial charge in [-0.15, -0.1) is 13.2 Å². The molecule has 5 nitrogen and oxygen atoms in total. The van der Waals surface area contributed by atoms with Crippen LogP contribution in [0.5, 0.6) is 5.75 Å². The predicted molar refractivity (Wildman–Crippen MR) is 71.2 cm³/mol. The maximum atomic E-state index is 12.1. The van der Waals surface area contributed by atoms with Crippen molar-refractivity contribution in [2.45, 2.75) is 38.8 Å². The van der Waals surface area contributed by atoms with Crippen molar-refractivity contribution in [1.29, 1.82) is 0 Å². The van der Waals surface area contributed by atoms with Gasteiger partial charge in [-0.3, -0.25) is 9.59 Å². The van der Waals surface area contributed by atoms with Crippen molar-refractivity contribution < 1.29 is 37.0 Å². The zero-order valence-corrected chi connectivity index (χ0v) is 12.5. The van der Waals surface area contributed by atoms with Crippen LogP contribution >= 0.6 is 0 Å². The van der Waals surface area contributed by atoms with E-state index in [0.717, 1.165) is 12.1 Å². The second kappa shape index (κ2) is 6.10. The van der Waals surface area contributed by atoms with Gasteiger partial charge in [0.05, 0.1) is 0 Å². The Morgan fingerprint density at radius 3 is 2.09 bits per heavy atom. The highest BCUT2D eigenvalue weighted by molar-refractivity contribution is 5.97.